The third-order valence-corrected chi connectivity index (χ3v) is 4.89. The van der Waals surface area contributed by atoms with Crippen LogP contribution in [0.15, 0.2) is 60.0 Å². The number of ether oxygens (including phenoxy) is 1. The second kappa shape index (κ2) is 8.10. The number of anilines is 1. The Labute approximate surface area is 157 Å². The topological polar surface area (TPSA) is 56.2 Å². The number of carbonyl (C=O) groups excluding carboxylic acids is 1. The minimum atomic E-state index is -0.0536. The second-order valence-electron chi connectivity index (χ2n) is 5.94. The van der Waals surface area contributed by atoms with E-state index in [1.54, 1.807) is 13.3 Å². The van der Waals surface area contributed by atoms with Crippen LogP contribution in [0, 0.1) is 13.8 Å². The maximum atomic E-state index is 12.3. The van der Waals surface area contributed by atoms with Gasteiger partial charge in [-0.15, -0.1) is 0 Å². The number of nitrogens with one attached hydrogen (secondary N) is 1. The average Bonchev–Trinajstić information content (AvgIpc) is 3.11. The highest BCUT2D eigenvalue weighted by molar-refractivity contribution is 7.99. The predicted molar refractivity (Wildman–Crippen MR) is 105 cm³/mol. The van der Waals surface area contributed by atoms with Crippen LogP contribution in [-0.2, 0) is 4.79 Å². The van der Waals surface area contributed by atoms with E-state index < -0.39 is 0 Å². The van der Waals surface area contributed by atoms with E-state index >= 15 is 0 Å². The van der Waals surface area contributed by atoms with E-state index in [0.717, 1.165) is 27.8 Å². The summed E-state index contributed by atoms with van der Waals surface area (Å²) in [5.74, 6) is 1.01. The summed E-state index contributed by atoms with van der Waals surface area (Å²) in [5.41, 5.74) is 4.02. The zero-order valence-electron chi connectivity index (χ0n) is 15.0. The third kappa shape index (κ3) is 4.26. The van der Waals surface area contributed by atoms with Gasteiger partial charge in [0.1, 0.15) is 5.75 Å². The summed E-state index contributed by atoms with van der Waals surface area (Å²) in [5, 5.41) is 3.72. The number of aryl methyl sites for hydroxylation is 2. The molecule has 1 aromatic heterocycles. The molecule has 5 nitrogen and oxygen atoms in total. The molecule has 0 fully saturated rings. The summed E-state index contributed by atoms with van der Waals surface area (Å²) in [4.78, 5) is 16.7. The number of hydrogen-bond donors (Lipinski definition) is 1. The van der Waals surface area contributed by atoms with Crippen LogP contribution in [0.1, 0.15) is 11.1 Å². The van der Waals surface area contributed by atoms with Gasteiger partial charge < -0.3 is 10.1 Å². The maximum absolute atomic E-state index is 12.3. The quantitative estimate of drug-likeness (QED) is 0.663. The van der Waals surface area contributed by atoms with E-state index in [0.29, 0.717) is 0 Å². The highest BCUT2D eigenvalue weighted by atomic mass is 32.2. The fourth-order valence-electron chi connectivity index (χ4n) is 2.62. The van der Waals surface area contributed by atoms with E-state index in [1.165, 1.54) is 17.3 Å². The molecule has 0 bridgehead atoms. The van der Waals surface area contributed by atoms with Gasteiger partial charge in [0.15, 0.2) is 5.16 Å². The first-order valence-corrected chi connectivity index (χ1v) is 9.23. The Hall–Kier alpha value is -2.73. The van der Waals surface area contributed by atoms with Crippen LogP contribution < -0.4 is 10.1 Å². The monoisotopic (exact) mass is 367 g/mol. The molecule has 0 spiro atoms. The molecule has 1 N–H and O–H groups in total. The molecule has 2 aromatic carbocycles. The van der Waals surface area contributed by atoms with E-state index in [9.17, 15) is 4.79 Å². The van der Waals surface area contributed by atoms with Crippen LogP contribution in [0.25, 0.3) is 5.69 Å². The lowest BCUT2D eigenvalue weighted by atomic mass is 10.1. The summed E-state index contributed by atoms with van der Waals surface area (Å²) in [6, 6.07) is 13.7. The molecule has 26 heavy (non-hydrogen) atoms. The molecule has 0 radical (unpaired) electrons. The molecule has 3 aromatic rings. The number of benzene rings is 2. The third-order valence-electron chi connectivity index (χ3n) is 3.93. The van der Waals surface area contributed by atoms with Gasteiger partial charge in [0.25, 0.3) is 0 Å². The molecule has 6 heteroatoms. The van der Waals surface area contributed by atoms with Gasteiger partial charge in [-0.05, 0) is 37.6 Å². The van der Waals surface area contributed by atoms with E-state index in [4.69, 9.17) is 4.74 Å². The number of rotatable bonds is 6. The Kier molecular flexibility index (Phi) is 5.63. The molecule has 0 aliphatic rings. The first kappa shape index (κ1) is 18.1. The molecule has 0 aliphatic heterocycles. The number of imidazole rings is 1. The van der Waals surface area contributed by atoms with Crippen LogP contribution in [0.4, 0.5) is 5.69 Å². The predicted octanol–water partition coefficient (Wildman–Crippen LogP) is 4.23. The normalized spacial score (nSPS) is 10.6. The van der Waals surface area contributed by atoms with Crippen LogP contribution in [0.2, 0.25) is 0 Å². The van der Waals surface area contributed by atoms with Crippen LogP contribution in [0.3, 0.4) is 0 Å². The second-order valence-corrected chi connectivity index (χ2v) is 6.88. The highest BCUT2D eigenvalue weighted by Gasteiger charge is 2.11. The number of thioether (sulfide) groups is 1. The Balaban J connectivity index is 1.67. The number of methoxy groups -OCH3 is 1. The van der Waals surface area contributed by atoms with Crippen molar-refractivity contribution in [1.82, 2.24) is 9.55 Å². The van der Waals surface area contributed by atoms with Crippen molar-refractivity contribution in [3.8, 4) is 11.4 Å². The standard InChI is InChI=1S/C20H21N3O2S/c1-14-7-8-18(15(2)11-14)22-19(24)13-26-20-21-9-10-23(20)16-5-4-6-17(12-16)25-3/h4-12H,13H2,1-3H3,(H,22,24). The van der Waals surface area contributed by atoms with Gasteiger partial charge in [0.05, 0.1) is 18.6 Å². The molecule has 1 heterocycles. The molecule has 1 amide bonds. The van der Waals surface area contributed by atoms with Crippen LogP contribution in [0.5, 0.6) is 5.75 Å². The summed E-state index contributed by atoms with van der Waals surface area (Å²) in [6.45, 7) is 4.03. The van der Waals surface area contributed by atoms with Crippen molar-refractivity contribution in [3.63, 3.8) is 0 Å². The summed E-state index contributed by atoms with van der Waals surface area (Å²) >= 11 is 1.40. The minimum absolute atomic E-state index is 0.0536. The largest absolute Gasteiger partial charge is 0.497 e. The van der Waals surface area contributed by atoms with Crippen molar-refractivity contribution in [2.24, 2.45) is 0 Å². The molecule has 0 atom stereocenters. The van der Waals surface area contributed by atoms with Crippen molar-refractivity contribution < 1.29 is 9.53 Å². The molecule has 0 saturated carbocycles. The number of hydrogen-bond acceptors (Lipinski definition) is 4. The van der Waals surface area contributed by atoms with E-state index in [2.05, 4.69) is 16.4 Å². The van der Waals surface area contributed by atoms with Gasteiger partial charge in [-0.1, -0.05) is 35.5 Å². The van der Waals surface area contributed by atoms with Crippen molar-refractivity contribution in [1.29, 1.82) is 0 Å². The lowest BCUT2D eigenvalue weighted by Gasteiger charge is -2.10. The van der Waals surface area contributed by atoms with Crippen molar-refractivity contribution in [2.75, 3.05) is 18.2 Å². The van der Waals surface area contributed by atoms with Gasteiger partial charge in [0, 0.05) is 24.1 Å². The first-order valence-electron chi connectivity index (χ1n) is 8.24. The Morgan fingerprint density at radius 3 is 2.85 bits per heavy atom. The SMILES string of the molecule is COc1cccc(-n2ccnc2SCC(=O)Nc2ccc(C)cc2C)c1. The number of nitrogens with zero attached hydrogens (tertiary/aromatic N) is 2. The smallest absolute Gasteiger partial charge is 0.234 e. The Bertz CT molecular complexity index is 921. The number of aromatic nitrogens is 2. The van der Waals surface area contributed by atoms with Gasteiger partial charge in [0.2, 0.25) is 5.91 Å². The first-order chi connectivity index (χ1) is 12.6. The summed E-state index contributed by atoms with van der Waals surface area (Å²) < 4.78 is 7.21. The van der Waals surface area contributed by atoms with Crippen molar-refractivity contribution in [2.45, 2.75) is 19.0 Å². The Morgan fingerprint density at radius 1 is 1.23 bits per heavy atom. The van der Waals surface area contributed by atoms with Gasteiger partial charge >= 0.3 is 0 Å². The van der Waals surface area contributed by atoms with Crippen LogP contribution >= 0.6 is 11.8 Å². The zero-order chi connectivity index (χ0) is 18.5. The fraction of sp³-hybridized carbons (Fsp3) is 0.200. The van der Waals surface area contributed by atoms with E-state index in [1.807, 2.05) is 61.0 Å². The summed E-state index contributed by atoms with van der Waals surface area (Å²) in [6.07, 6.45) is 3.60. The zero-order valence-corrected chi connectivity index (χ0v) is 15.8. The molecule has 0 unspecified atom stereocenters. The highest BCUT2D eigenvalue weighted by Crippen LogP contribution is 2.23. The maximum Gasteiger partial charge on any atom is 0.234 e. The number of amides is 1. The molecule has 134 valence electrons. The molecule has 0 saturated heterocycles. The number of carbonyl (C=O) groups is 1. The Morgan fingerprint density at radius 2 is 2.08 bits per heavy atom. The molecule has 3 rings (SSSR count). The lowest BCUT2D eigenvalue weighted by molar-refractivity contribution is -0.113. The molecule has 0 aliphatic carbocycles. The van der Waals surface area contributed by atoms with Crippen molar-refractivity contribution >= 4 is 23.4 Å². The lowest BCUT2D eigenvalue weighted by Crippen LogP contribution is -2.15. The minimum Gasteiger partial charge on any atom is -0.497 e. The average molecular weight is 367 g/mol. The van der Waals surface area contributed by atoms with Crippen LogP contribution in [-0.4, -0.2) is 28.3 Å². The van der Waals surface area contributed by atoms with Gasteiger partial charge in [-0.25, -0.2) is 4.98 Å². The van der Waals surface area contributed by atoms with Gasteiger partial charge in [-0.3, -0.25) is 9.36 Å². The fourth-order valence-corrected chi connectivity index (χ4v) is 3.40. The van der Waals surface area contributed by atoms with Gasteiger partial charge in [-0.2, -0.15) is 0 Å². The van der Waals surface area contributed by atoms with Crippen molar-refractivity contribution in [3.05, 3.63) is 66.0 Å². The molecular formula is C20H21N3O2S. The summed E-state index contributed by atoms with van der Waals surface area (Å²) in [7, 11) is 1.64. The molecular weight excluding hydrogens is 346 g/mol. The van der Waals surface area contributed by atoms with E-state index in [-0.39, 0.29) is 11.7 Å².